The fourth-order valence-electron chi connectivity index (χ4n) is 3.14. The molecular weight excluding hydrogens is 376 g/mol. The van der Waals surface area contributed by atoms with E-state index in [4.69, 9.17) is 16.3 Å². The maximum absolute atomic E-state index is 14.7. The van der Waals surface area contributed by atoms with Gasteiger partial charge in [0.25, 0.3) is 0 Å². The highest BCUT2D eigenvalue weighted by atomic mass is 35.5. The number of methoxy groups -OCH3 is 1. The Kier molecular flexibility index (Phi) is 4.07. The Morgan fingerprint density at radius 3 is 2.44 bits per heavy atom. The lowest BCUT2D eigenvalue weighted by molar-refractivity contribution is 0.407. The predicted octanol–water partition coefficient (Wildman–Crippen LogP) is 4.07. The molecule has 9 heteroatoms. The summed E-state index contributed by atoms with van der Waals surface area (Å²) in [4.78, 5) is 0. The first-order valence-electron chi connectivity index (χ1n) is 7.99. The molecule has 0 saturated heterocycles. The second-order valence-corrected chi connectivity index (χ2v) is 6.44. The summed E-state index contributed by atoms with van der Waals surface area (Å²) < 4.78 is 37.4. The van der Waals surface area contributed by atoms with Gasteiger partial charge >= 0.3 is 0 Å². The van der Waals surface area contributed by atoms with Crippen molar-refractivity contribution in [2.45, 2.75) is 6.92 Å². The molecule has 0 saturated carbocycles. The van der Waals surface area contributed by atoms with Crippen LogP contribution in [0.5, 0.6) is 5.75 Å². The lowest BCUT2D eigenvalue weighted by Gasteiger charge is -2.11. The van der Waals surface area contributed by atoms with E-state index in [-0.39, 0.29) is 16.9 Å². The number of hydrogen-bond donors (Lipinski definition) is 0. The fraction of sp³-hybridized carbons (Fsp3) is 0.167. The molecule has 0 fully saturated rings. The minimum Gasteiger partial charge on any atom is -0.497 e. The maximum Gasteiger partial charge on any atom is 0.162 e. The molecule has 6 nitrogen and oxygen atoms in total. The highest BCUT2D eigenvalue weighted by molar-refractivity contribution is 6.31. The average molecular weight is 390 g/mol. The number of hydrogen-bond acceptors (Lipinski definition) is 4. The third-order valence-electron chi connectivity index (χ3n) is 4.30. The van der Waals surface area contributed by atoms with Gasteiger partial charge in [-0.1, -0.05) is 16.8 Å². The van der Waals surface area contributed by atoms with Crippen molar-refractivity contribution in [1.82, 2.24) is 24.8 Å². The van der Waals surface area contributed by atoms with E-state index >= 15 is 0 Å². The Bertz CT molecular complexity index is 1160. The number of aryl methyl sites for hydroxylation is 2. The van der Waals surface area contributed by atoms with Crippen molar-refractivity contribution in [2.75, 3.05) is 7.11 Å². The molecule has 0 aliphatic rings. The van der Waals surface area contributed by atoms with E-state index in [1.165, 1.54) is 16.5 Å². The van der Waals surface area contributed by atoms with Crippen LogP contribution in [-0.2, 0) is 7.05 Å². The van der Waals surface area contributed by atoms with Gasteiger partial charge in [-0.25, -0.2) is 8.78 Å². The molecular formula is C18H14ClF2N5O. The molecule has 0 radical (unpaired) electrons. The van der Waals surface area contributed by atoms with Crippen LogP contribution in [-0.4, -0.2) is 31.9 Å². The zero-order valence-electron chi connectivity index (χ0n) is 14.7. The minimum atomic E-state index is -0.753. The standard InChI is InChI=1S/C18H14ClF2N5O/c1-9-16(17-12(20)7-11(27-3)8-13(17)21)18(25(2)23-9)26-15-5-4-10(19)6-14(15)22-24-26/h4-8H,1-3H3. The lowest BCUT2D eigenvalue weighted by Crippen LogP contribution is -2.07. The van der Waals surface area contributed by atoms with Gasteiger partial charge in [0.1, 0.15) is 22.9 Å². The molecule has 138 valence electrons. The van der Waals surface area contributed by atoms with Crippen LogP contribution in [0.1, 0.15) is 5.69 Å². The predicted molar refractivity (Wildman–Crippen MR) is 97.3 cm³/mol. The van der Waals surface area contributed by atoms with E-state index < -0.39 is 11.6 Å². The second kappa shape index (κ2) is 6.31. The molecule has 0 amide bonds. The van der Waals surface area contributed by atoms with Crippen LogP contribution in [0.4, 0.5) is 8.78 Å². The topological polar surface area (TPSA) is 57.8 Å². The molecule has 4 aromatic rings. The van der Waals surface area contributed by atoms with E-state index in [9.17, 15) is 8.78 Å². The molecule has 0 bridgehead atoms. The van der Waals surface area contributed by atoms with E-state index in [0.717, 1.165) is 12.1 Å². The van der Waals surface area contributed by atoms with Gasteiger partial charge < -0.3 is 4.74 Å². The van der Waals surface area contributed by atoms with Gasteiger partial charge in [0.05, 0.1) is 29.4 Å². The first kappa shape index (κ1) is 17.4. The van der Waals surface area contributed by atoms with Crippen LogP contribution < -0.4 is 4.74 Å². The van der Waals surface area contributed by atoms with Crippen LogP contribution in [0.2, 0.25) is 5.02 Å². The summed E-state index contributed by atoms with van der Waals surface area (Å²) in [6.07, 6.45) is 0. The van der Waals surface area contributed by atoms with E-state index in [1.54, 1.807) is 32.2 Å². The highest BCUT2D eigenvalue weighted by Crippen LogP contribution is 2.36. The number of fused-ring (bicyclic) bond motifs is 1. The Balaban J connectivity index is 2.03. The zero-order valence-corrected chi connectivity index (χ0v) is 15.4. The summed E-state index contributed by atoms with van der Waals surface area (Å²) in [5.41, 5.74) is 1.74. The normalized spacial score (nSPS) is 11.3. The molecule has 2 aromatic carbocycles. The van der Waals surface area contributed by atoms with Crippen LogP contribution >= 0.6 is 11.6 Å². The summed E-state index contributed by atoms with van der Waals surface area (Å²) in [6, 6.07) is 7.37. The lowest BCUT2D eigenvalue weighted by atomic mass is 10.0. The third-order valence-corrected chi connectivity index (χ3v) is 4.54. The van der Waals surface area contributed by atoms with Crippen molar-refractivity contribution in [3.05, 3.63) is 52.7 Å². The smallest absolute Gasteiger partial charge is 0.162 e. The Hall–Kier alpha value is -3.00. The monoisotopic (exact) mass is 389 g/mol. The van der Waals surface area contributed by atoms with Crippen molar-refractivity contribution in [3.63, 3.8) is 0 Å². The van der Waals surface area contributed by atoms with E-state index in [0.29, 0.717) is 27.6 Å². The van der Waals surface area contributed by atoms with Crippen LogP contribution in [0.25, 0.3) is 28.0 Å². The molecule has 4 rings (SSSR count). The molecule has 0 aliphatic heterocycles. The minimum absolute atomic E-state index is 0.0951. The van der Waals surface area contributed by atoms with Gasteiger partial charge in [0.15, 0.2) is 5.82 Å². The maximum atomic E-state index is 14.7. The molecule has 0 N–H and O–H groups in total. The molecule has 2 aromatic heterocycles. The largest absolute Gasteiger partial charge is 0.497 e. The molecule has 0 aliphatic carbocycles. The van der Waals surface area contributed by atoms with Crippen molar-refractivity contribution in [1.29, 1.82) is 0 Å². The van der Waals surface area contributed by atoms with Crippen molar-refractivity contribution >= 4 is 22.6 Å². The highest BCUT2D eigenvalue weighted by Gasteiger charge is 2.25. The fourth-order valence-corrected chi connectivity index (χ4v) is 3.31. The molecule has 2 heterocycles. The number of halogens is 3. The van der Waals surface area contributed by atoms with Gasteiger partial charge in [-0.05, 0) is 25.1 Å². The van der Waals surface area contributed by atoms with Crippen molar-refractivity contribution in [3.8, 4) is 22.7 Å². The van der Waals surface area contributed by atoms with E-state index in [2.05, 4.69) is 15.4 Å². The molecule has 0 spiro atoms. The summed E-state index contributed by atoms with van der Waals surface area (Å²) >= 11 is 6.00. The zero-order chi connectivity index (χ0) is 19.3. The number of aromatic nitrogens is 5. The quantitative estimate of drug-likeness (QED) is 0.530. The summed E-state index contributed by atoms with van der Waals surface area (Å²) in [6.45, 7) is 1.68. The molecule has 0 atom stereocenters. The van der Waals surface area contributed by atoms with Crippen molar-refractivity contribution < 1.29 is 13.5 Å². The van der Waals surface area contributed by atoms with Crippen LogP contribution in [0.3, 0.4) is 0 Å². The summed E-state index contributed by atoms with van der Waals surface area (Å²) in [7, 11) is 3.02. The Morgan fingerprint density at radius 1 is 1.07 bits per heavy atom. The van der Waals surface area contributed by atoms with Gasteiger partial charge in [-0.3, -0.25) is 4.68 Å². The average Bonchev–Trinajstić information content (AvgIpc) is 3.14. The number of rotatable bonds is 3. The molecule has 27 heavy (non-hydrogen) atoms. The number of nitrogens with zero attached hydrogens (tertiary/aromatic N) is 5. The Labute approximate surface area is 157 Å². The van der Waals surface area contributed by atoms with Gasteiger partial charge in [0.2, 0.25) is 0 Å². The summed E-state index contributed by atoms with van der Waals surface area (Å²) in [5.74, 6) is -1.02. The third kappa shape index (κ3) is 2.73. The van der Waals surface area contributed by atoms with Gasteiger partial charge in [0, 0.05) is 24.2 Å². The number of benzene rings is 2. The first-order valence-corrected chi connectivity index (χ1v) is 8.37. The van der Waals surface area contributed by atoms with Gasteiger partial charge in [-0.15, -0.1) is 5.10 Å². The summed E-state index contributed by atoms with van der Waals surface area (Å²) in [5, 5.41) is 13.1. The first-order chi connectivity index (χ1) is 12.9. The molecule has 0 unspecified atom stereocenters. The van der Waals surface area contributed by atoms with Crippen molar-refractivity contribution in [2.24, 2.45) is 7.05 Å². The second-order valence-electron chi connectivity index (χ2n) is 6.01. The Morgan fingerprint density at radius 2 is 1.78 bits per heavy atom. The SMILES string of the molecule is COc1cc(F)c(-c2c(C)nn(C)c2-n2nnc3cc(Cl)ccc32)c(F)c1. The van der Waals surface area contributed by atoms with Gasteiger partial charge in [-0.2, -0.15) is 9.78 Å². The van der Waals surface area contributed by atoms with E-state index in [1.807, 2.05) is 0 Å². The van der Waals surface area contributed by atoms with Crippen LogP contribution in [0, 0.1) is 18.6 Å². The van der Waals surface area contributed by atoms with Crippen LogP contribution in [0.15, 0.2) is 30.3 Å². The number of ether oxygens (including phenoxy) is 1.